The lowest BCUT2D eigenvalue weighted by Crippen LogP contribution is -2.09. The van der Waals surface area contributed by atoms with Crippen molar-refractivity contribution in [2.75, 3.05) is 0 Å². The van der Waals surface area contributed by atoms with Crippen LogP contribution < -0.4 is 0 Å². The summed E-state index contributed by atoms with van der Waals surface area (Å²) >= 11 is 1.88. The van der Waals surface area contributed by atoms with Crippen LogP contribution in [0.1, 0.15) is 28.9 Å². The molecule has 0 saturated carbocycles. The first-order valence-corrected chi connectivity index (χ1v) is 5.02. The van der Waals surface area contributed by atoms with Crippen molar-refractivity contribution in [3.8, 4) is 0 Å². The van der Waals surface area contributed by atoms with Crippen LogP contribution in [-0.2, 0) is 12.8 Å². The third-order valence-corrected chi connectivity index (χ3v) is 3.36. The summed E-state index contributed by atoms with van der Waals surface area (Å²) in [7, 11) is 0. The molecule has 2 rings (SSSR count). The summed E-state index contributed by atoms with van der Waals surface area (Å²) in [6.07, 6.45) is 3.83. The number of nitrogens with zero attached hydrogens (tertiary/aromatic N) is 1. The third kappa shape index (κ3) is 1.32. The Morgan fingerprint density at radius 1 is 1.55 bits per heavy atom. The van der Waals surface area contributed by atoms with E-state index >= 15 is 0 Å². The highest BCUT2D eigenvalue weighted by molar-refractivity contribution is 7.11. The smallest absolute Gasteiger partial charge is 0.0900 e. The lowest BCUT2D eigenvalue weighted by atomic mass is 9.93. The van der Waals surface area contributed by atoms with Crippen LogP contribution >= 0.6 is 11.3 Å². The fourth-order valence-corrected chi connectivity index (χ4v) is 2.66. The van der Waals surface area contributed by atoms with Crippen LogP contribution in [-0.4, -0.2) is 4.98 Å². The fraction of sp³-hybridized carbons (Fsp3) is 0.667. The average Bonchev–Trinajstić information content (AvgIpc) is 2.27. The van der Waals surface area contributed by atoms with E-state index in [1.807, 2.05) is 11.3 Å². The fourth-order valence-electron chi connectivity index (χ4n) is 1.68. The minimum absolute atomic E-state index is 0.851. The van der Waals surface area contributed by atoms with Gasteiger partial charge in [0.15, 0.2) is 0 Å². The van der Waals surface area contributed by atoms with Gasteiger partial charge in [-0.05, 0) is 32.1 Å². The molecule has 0 fully saturated rings. The molecular weight excluding hydrogens is 154 g/mol. The summed E-state index contributed by atoms with van der Waals surface area (Å²) in [5.41, 5.74) is 1.38. The zero-order valence-corrected chi connectivity index (χ0v) is 7.87. The number of aryl methyl sites for hydroxylation is 2. The van der Waals surface area contributed by atoms with Gasteiger partial charge in [-0.1, -0.05) is 6.92 Å². The van der Waals surface area contributed by atoms with Gasteiger partial charge in [0.2, 0.25) is 0 Å². The molecule has 0 N–H and O–H groups in total. The molecule has 1 aliphatic carbocycles. The van der Waals surface area contributed by atoms with E-state index in [1.54, 1.807) is 4.88 Å². The van der Waals surface area contributed by atoms with Crippen LogP contribution in [0.3, 0.4) is 0 Å². The SMILES string of the molecule is Cc1nc2c(s1)CCC(C)C2. The highest BCUT2D eigenvalue weighted by Gasteiger charge is 2.18. The van der Waals surface area contributed by atoms with Crippen molar-refractivity contribution in [2.45, 2.75) is 33.1 Å². The number of fused-ring (bicyclic) bond motifs is 1. The number of hydrogen-bond acceptors (Lipinski definition) is 2. The van der Waals surface area contributed by atoms with E-state index in [2.05, 4.69) is 18.8 Å². The van der Waals surface area contributed by atoms with Crippen LogP contribution in [0.4, 0.5) is 0 Å². The van der Waals surface area contributed by atoms with Crippen molar-refractivity contribution in [3.63, 3.8) is 0 Å². The van der Waals surface area contributed by atoms with Gasteiger partial charge in [-0.2, -0.15) is 0 Å². The lowest BCUT2D eigenvalue weighted by molar-refractivity contribution is 0.498. The van der Waals surface area contributed by atoms with Crippen LogP contribution in [0.2, 0.25) is 0 Å². The second-order valence-corrected chi connectivity index (χ2v) is 4.74. The van der Waals surface area contributed by atoms with E-state index in [4.69, 9.17) is 0 Å². The topological polar surface area (TPSA) is 12.9 Å². The Hall–Kier alpha value is -0.370. The minimum atomic E-state index is 0.851. The largest absolute Gasteiger partial charge is 0.246 e. The molecule has 1 aromatic rings. The molecule has 1 atom stereocenters. The predicted octanol–water partition coefficient (Wildman–Crippen LogP) is 2.58. The van der Waals surface area contributed by atoms with Crippen molar-refractivity contribution in [3.05, 3.63) is 15.6 Å². The number of thiazole rings is 1. The number of rotatable bonds is 0. The monoisotopic (exact) mass is 167 g/mol. The second kappa shape index (κ2) is 2.59. The standard InChI is InChI=1S/C9H13NS/c1-6-3-4-9-8(5-6)10-7(2)11-9/h6H,3-5H2,1-2H3. The summed E-state index contributed by atoms with van der Waals surface area (Å²) in [6, 6.07) is 0. The van der Waals surface area contributed by atoms with E-state index in [0.29, 0.717) is 0 Å². The number of aromatic nitrogens is 1. The Morgan fingerprint density at radius 2 is 2.36 bits per heavy atom. The summed E-state index contributed by atoms with van der Waals surface area (Å²) in [5.74, 6) is 0.851. The average molecular weight is 167 g/mol. The van der Waals surface area contributed by atoms with Gasteiger partial charge < -0.3 is 0 Å². The summed E-state index contributed by atoms with van der Waals surface area (Å²) in [6.45, 7) is 4.42. The molecule has 1 aromatic heterocycles. The normalized spacial score (nSPS) is 23.3. The quantitative estimate of drug-likeness (QED) is 0.578. The molecule has 0 aromatic carbocycles. The minimum Gasteiger partial charge on any atom is -0.246 e. The zero-order chi connectivity index (χ0) is 7.84. The van der Waals surface area contributed by atoms with Crippen molar-refractivity contribution in [2.24, 2.45) is 5.92 Å². The maximum Gasteiger partial charge on any atom is 0.0900 e. The van der Waals surface area contributed by atoms with E-state index in [1.165, 1.54) is 30.0 Å². The first-order chi connectivity index (χ1) is 5.25. The van der Waals surface area contributed by atoms with Crippen LogP contribution in [0.15, 0.2) is 0 Å². The highest BCUT2D eigenvalue weighted by atomic mass is 32.1. The Morgan fingerprint density at radius 3 is 3.18 bits per heavy atom. The molecule has 0 saturated heterocycles. The number of hydrogen-bond donors (Lipinski definition) is 0. The zero-order valence-electron chi connectivity index (χ0n) is 7.05. The third-order valence-electron chi connectivity index (χ3n) is 2.29. The van der Waals surface area contributed by atoms with Gasteiger partial charge in [0.05, 0.1) is 10.7 Å². The van der Waals surface area contributed by atoms with E-state index in [-0.39, 0.29) is 0 Å². The maximum absolute atomic E-state index is 4.52. The Bertz CT molecular complexity index is 265. The van der Waals surface area contributed by atoms with Gasteiger partial charge in [0.25, 0.3) is 0 Å². The van der Waals surface area contributed by atoms with E-state index in [9.17, 15) is 0 Å². The highest BCUT2D eigenvalue weighted by Crippen LogP contribution is 2.28. The van der Waals surface area contributed by atoms with Crippen molar-refractivity contribution >= 4 is 11.3 Å². The van der Waals surface area contributed by atoms with Crippen molar-refractivity contribution in [1.29, 1.82) is 0 Å². The van der Waals surface area contributed by atoms with Gasteiger partial charge in [-0.25, -0.2) is 4.98 Å². The molecule has 1 nitrogen and oxygen atoms in total. The first-order valence-electron chi connectivity index (χ1n) is 4.21. The molecule has 60 valence electrons. The van der Waals surface area contributed by atoms with Crippen LogP contribution in [0, 0.1) is 12.8 Å². The predicted molar refractivity (Wildman–Crippen MR) is 48.0 cm³/mol. The van der Waals surface area contributed by atoms with Crippen LogP contribution in [0.25, 0.3) is 0 Å². The Balaban J connectivity index is 2.34. The Labute approximate surface area is 71.5 Å². The molecule has 0 radical (unpaired) electrons. The summed E-state index contributed by atoms with van der Waals surface area (Å²) < 4.78 is 0. The molecular formula is C9H13NS. The lowest BCUT2D eigenvalue weighted by Gasteiger charge is -2.15. The molecule has 0 spiro atoms. The summed E-state index contributed by atoms with van der Waals surface area (Å²) in [5, 5.41) is 1.24. The molecule has 1 aliphatic rings. The van der Waals surface area contributed by atoms with Crippen LogP contribution in [0.5, 0.6) is 0 Å². The molecule has 11 heavy (non-hydrogen) atoms. The molecule has 1 heterocycles. The van der Waals surface area contributed by atoms with Gasteiger partial charge in [0.1, 0.15) is 0 Å². The molecule has 2 heteroatoms. The van der Waals surface area contributed by atoms with E-state index in [0.717, 1.165) is 5.92 Å². The second-order valence-electron chi connectivity index (χ2n) is 3.45. The molecule has 0 bridgehead atoms. The molecule has 0 aliphatic heterocycles. The van der Waals surface area contributed by atoms with Crippen molar-refractivity contribution in [1.82, 2.24) is 4.98 Å². The van der Waals surface area contributed by atoms with Gasteiger partial charge in [-0.3, -0.25) is 0 Å². The van der Waals surface area contributed by atoms with Crippen molar-refractivity contribution < 1.29 is 0 Å². The molecule has 1 unspecified atom stereocenters. The molecule has 0 amide bonds. The van der Waals surface area contributed by atoms with Gasteiger partial charge in [0, 0.05) is 4.88 Å². The maximum atomic E-state index is 4.52. The van der Waals surface area contributed by atoms with Gasteiger partial charge >= 0.3 is 0 Å². The Kier molecular flexibility index (Phi) is 1.72. The summed E-state index contributed by atoms with van der Waals surface area (Å²) in [4.78, 5) is 6.06. The first kappa shape index (κ1) is 7.29. The van der Waals surface area contributed by atoms with Gasteiger partial charge in [-0.15, -0.1) is 11.3 Å². The van der Waals surface area contributed by atoms with E-state index < -0.39 is 0 Å².